The highest BCUT2D eigenvalue weighted by Crippen LogP contribution is 2.28. The summed E-state index contributed by atoms with van der Waals surface area (Å²) in [6, 6.07) is 7.76. The number of nitro groups is 1. The predicted molar refractivity (Wildman–Crippen MR) is 88.1 cm³/mol. The van der Waals surface area contributed by atoms with Crippen molar-refractivity contribution in [2.45, 2.75) is 13.5 Å². The van der Waals surface area contributed by atoms with Crippen molar-refractivity contribution >= 4 is 17.3 Å². The molecule has 0 bridgehead atoms. The van der Waals surface area contributed by atoms with Gasteiger partial charge in [0.15, 0.2) is 0 Å². The number of non-ortho nitro benzene ring substituents is 1. The van der Waals surface area contributed by atoms with Crippen molar-refractivity contribution in [2.24, 2.45) is 0 Å². The van der Waals surface area contributed by atoms with Gasteiger partial charge in [-0.2, -0.15) is 0 Å². The van der Waals surface area contributed by atoms with Gasteiger partial charge in [-0.15, -0.1) is 0 Å². The van der Waals surface area contributed by atoms with Crippen molar-refractivity contribution in [1.82, 2.24) is 4.90 Å². The molecule has 1 aromatic heterocycles. The van der Waals surface area contributed by atoms with Crippen LogP contribution in [0.5, 0.6) is 5.75 Å². The molecule has 0 saturated heterocycles. The maximum absolute atomic E-state index is 12.1. The Morgan fingerprint density at radius 2 is 2.12 bits per heavy atom. The van der Waals surface area contributed by atoms with E-state index in [-0.39, 0.29) is 23.9 Å². The molecule has 0 unspecified atom stereocenters. The van der Waals surface area contributed by atoms with E-state index in [1.807, 2.05) is 19.1 Å². The standard InChI is InChI=1S/C16H19N3O5/c1-11-4-6-13(24-11)9-18(2)10-16(20)17-14-7-5-12(19(21)22)8-15(14)23-3/h4-8H,9-10H2,1-3H3,(H,17,20). The third kappa shape index (κ3) is 4.56. The molecule has 8 heteroatoms. The summed E-state index contributed by atoms with van der Waals surface area (Å²) in [6.07, 6.45) is 0. The van der Waals surface area contributed by atoms with Gasteiger partial charge < -0.3 is 14.5 Å². The average Bonchev–Trinajstić information content (AvgIpc) is 2.92. The number of ether oxygens (including phenoxy) is 1. The van der Waals surface area contributed by atoms with Crippen LogP contribution in [0.4, 0.5) is 11.4 Å². The van der Waals surface area contributed by atoms with Crippen LogP contribution in [0.1, 0.15) is 11.5 Å². The molecule has 1 amide bonds. The molecule has 1 N–H and O–H groups in total. The summed E-state index contributed by atoms with van der Waals surface area (Å²) < 4.78 is 10.6. The summed E-state index contributed by atoms with van der Waals surface area (Å²) in [6.45, 7) is 2.50. The number of nitro benzene ring substituents is 1. The van der Waals surface area contributed by atoms with Crippen molar-refractivity contribution in [1.29, 1.82) is 0 Å². The number of nitrogens with one attached hydrogen (secondary N) is 1. The number of carbonyl (C=O) groups excluding carboxylic acids is 1. The number of rotatable bonds is 7. The first kappa shape index (κ1) is 17.5. The number of methoxy groups -OCH3 is 1. The smallest absolute Gasteiger partial charge is 0.273 e. The number of aryl methyl sites for hydroxylation is 1. The van der Waals surface area contributed by atoms with Gasteiger partial charge in [-0.1, -0.05) is 0 Å². The fourth-order valence-corrected chi connectivity index (χ4v) is 2.22. The molecule has 24 heavy (non-hydrogen) atoms. The number of hydrogen-bond donors (Lipinski definition) is 1. The molecule has 0 aliphatic heterocycles. The zero-order valence-electron chi connectivity index (χ0n) is 13.7. The lowest BCUT2D eigenvalue weighted by Gasteiger charge is -2.16. The molecule has 1 aromatic carbocycles. The fraction of sp³-hybridized carbons (Fsp3) is 0.312. The summed E-state index contributed by atoms with van der Waals surface area (Å²) in [5.41, 5.74) is 0.283. The topological polar surface area (TPSA) is 97.8 Å². The van der Waals surface area contributed by atoms with Gasteiger partial charge in [0.05, 0.1) is 36.9 Å². The first-order chi connectivity index (χ1) is 11.4. The summed E-state index contributed by atoms with van der Waals surface area (Å²) in [5, 5.41) is 13.5. The van der Waals surface area contributed by atoms with Crippen LogP contribution < -0.4 is 10.1 Å². The van der Waals surface area contributed by atoms with Gasteiger partial charge in [-0.3, -0.25) is 19.8 Å². The Bertz CT molecular complexity index is 741. The van der Waals surface area contributed by atoms with E-state index < -0.39 is 4.92 Å². The monoisotopic (exact) mass is 333 g/mol. The number of furan rings is 1. The van der Waals surface area contributed by atoms with Gasteiger partial charge in [0.2, 0.25) is 5.91 Å². The van der Waals surface area contributed by atoms with E-state index in [9.17, 15) is 14.9 Å². The molecular formula is C16H19N3O5. The maximum atomic E-state index is 12.1. The number of likely N-dealkylation sites (N-methyl/N-ethyl adjacent to an activating group) is 1. The molecule has 0 atom stereocenters. The summed E-state index contributed by atoms with van der Waals surface area (Å²) in [7, 11) is 3.19. The molecule has 0 spiro atoms. The van der Waals surface area contributed by atoms with Crippen molar-refractivity contribution in [2.75, 3.05) is 26.0 Å². The first-order valence-electron chi connectivity index (χ1n) is 7.25. The molecular weight excluding hydrogens is 314 g/mol. The second kappa shape index (κ2) is 7.60. The SMILES string of the molecule is COc1cc([N+](=O)[O-])ccc1NC(=O)CN(C)Cc1ccc(C)o1. The second-order valence-corrected chi connectivity index (χ2v) is 5.37. The zero-order chi connectivity index (χ0) is 17.7. The zero-order valence-corrected chi connectivity index (χ0v) is 13.7. The minimum Gasteiger partial charge on any atom is -0.494 e. The quantitative estimate of drug-likeness (QED) is 0.618. The summed E-state index contributed by atoms with van der Waals surface area (Å²) >= 11 is 0. The number of benzene rings is 1. The van der Waals surface area contributed by atoms with E-state index in [1.165, 1.54) is 25.3 Å². The van der Waals surface area contributed by atoms with Gasteiger partial charge in [0.25, 0.3) is 5.69 Å². The van der Waals surface area contributed by atoms with E-state index in [4.69, 9.17) is 9.15 Å². The second-order valence-electron chi connectivity index (χ2n) is 5.37. The van der Waals surface area contributed by atoms with Crippen molar-refractivity contribution in [3.63, 3.8) is 0 Å². The van der Waals surface area contributed by atoms with E-state index >= 15 is 0 Å². The van der Waals surface area contributed by atoms with E-state index in [2.05, 4.69) is 5.32 Å². The molecule has 0 saturated carbocycles. The largest absolute Gasteiger partial charge is 0.494 e. The fourth-order valence-electron chi connectivity index (χ4n) is 2.22. The van der Waals surface area contributed by atoms with Gasteiger partial charge in [-0.05, 0) is 32.2 Å². The van der Waals surface area contributed by atoms with Crippen LogP contribution in [0.25, 0.3) is 0 Å². The molecule has 0 fully saturated rings. The van der Waals surface area contributed by atoms with E-state index in [1.54, 1.807) is 11.9 Å². The van der Waals surface area contributed by atoms with Crippen LogP contribution in [0.3, 0.4) is 0 Å². The number of carbonyl (C=O) groups is 1. The molecule has 1 heterocycles. The van der Waals surface area contributed by atoms with Gasteiger partial charge in [-0.25, -0.2) is 0 Å². The number of hydrogen-bond acceptors (Lipinski definition) is 6. The molecule has 128 valence electrons. The normalized spacial score (nSPS) is 10.7. The average molecular weight is 333 g/mol. The Morgan fingerprint density at radius 1 is 1.38 bits per heavy atom. The Labute approximate surface area is 139 Å². The highest BCUT2D eigenvalue weighted by molar-refractivity contribution is 5.93. The van der Waals surface area contributed by atoms with Crippen LogP contribution in [0.15, 0.2) is 34.7 Å². The van der Waals surface area contributed by atoms with Crippen LogP contribution in [0.2, 0.25) is 0 Å². The lowest BCUT2D eigenvalue weighted by molar-refractivity contribution is -0.384. The highest BCUT2D eigenvalue weighted by Gasteiger charge is 2.15. The predicted octanol–water partition coefficient (Wildman–Crippen LogP) is 2.58. The number of nitrogens with zero attached hydrogens (tertiary/aromatic N) is 2. The van der Waals surface area contributed by atoms with Crippen molar-refractivity contribution in [3.05, 3.63) is 52.0 Å². The van der Waals surface area contributed by atoms with E-state index in [0.29, 0.717) is 12.2 Å². The molecule has 0 radical (unpaired) electrons. The lowest BCUT2D eigenvalue weighted by atomic mass is 10.2. The van der Waals surface area contributed by atoms with Crippen molar-refractivity contribution < 1.29 is 18.9 Å². The highest BCUT2D eigenvalue weighted by atomic mass is 16.6. The molecule has 2 aromatic rings. The van der Waals surface area contributed by atoms with Gasteiger partial charge >= 0.3 is 0 Å². The van der Waals surface area contributed by atoms with E-state index in [0.717, 1.165) is 11.5 Å². The Hall–Kier alpha value is -2.87. The summed E-state index contributed by atoms with van der Waals surface area (Å²) in [5.74, 6) is 1.57. The third-order valence-electron chi connectivity index (χ3n) is 3.31. The Kier molecular flexibility index (Phi) is 5.54. The molecule has 2 rings (SSSR count). The molecule has 0 aliphatic carbocycles. The number of anilines is 1. The van der Waals surface area contributed by atoms with Crippen LogP contribution in [0, 0.1) is 17.0 Å². The van der Waals surface area contributed by atoms with Crippen molar-refractivity contribution in [3.8, 4) is 5.75 Å². The minimum atomic E-state index is -0.521. The van der Waals surface area contributed by atoms with Crippen LogP contribution in [-0.2, 0) is 11.3 Å². The first-order valence-corrected chi connectivity index (χ1v) is 7.25. The Balaban J connectivity index is 1.97. The Morgan fingerprint density at radius 3 is 2.71 bits per heavy atom. The van der Waals surface area contributed by atoms with Gasteiger partial charge in [0.1, 0.15) is 17.3 Å². The van der Waals surface area contributed by atoms with Crippen LogP contribution in [-0.4, -0.2) is 36.4 Å². The molecule has 0 aliphatic rings. The summed E-state index contributed by atoms with van der Waals surface area (Å²) in [4.78, 5) is 24.2. The third-order valence-corrected chi connectivity index (χ3v) is 3.31. The maximum Gasteiger partial charge on any atom is 0.273 e. The lowest BCUT2D eigenvalue weighted by Crippen LogP contribution is -2.29. The molecule has 8 nitrogen and oxygen atoms in total. The van der Waals surface area contributed by atoms with Crippen LogP contribution >= 0.6 is 0 Å². The van der Waals surface area contributed by atoms with Gasteiger partial charge in [0, 0.05) is 6.07 Å². The number of amides is 1. The minimum absolute atomic E-state index is 0.102.